The first-order valence-electron chi connectivity index (χ1n) is 8.67. The molecule has 28 heavy (non-hydrogen) atoms. The molecule has 4 rings (SSSR count). The summed E-state index contributed by atoms with van der Waals surface area (Å²) in [6.07, 6.45) is 0. The molecule has 0 saturated carbocycles. The van der Waals surface area contributed by atoms with Crippen molar-refractivity contribution in [2.45, 2.75) is 6.92 Å². The number of carbonyl (C=O) groups is 1. The summed E-state index contributed by atoms with van der Waals surface area (Å²) in [4.78, 5) is 12.4. The number of benzene rings is 3. The fourth-order valence-corrected chi connectivity index (χ4v) is 2.86. The maximum atomic E-state index is 12.4. The molecule has 0 saturated heterocycles. The zero-order chi connectivity index (χ0) is 19.5. The number of hydrogen-bond donors (Lipinski definition) is 1. The number of nitrogens with zero attached hydrogens (tertiary/aromatic N) is 2. The van der Waals surface area contributed by atoms with Gasteiger partial charge in [0, 0.05) is 27.4 Å². The van der Waals surface area contributed by atoms with Gasteiger partial charge in [0.2, 0.25) is 11.8 Å². The average Bonchev–Trinajstić information content (AvgIpc) is 3.22. The molecule has 0 bridgehead atoms. The van der Waals surface area contributed by atoms with Gasteiger partial charge in [-0.3, -0.25) is 4.79 Å². The molecule has 1 amide bonds. The smallest absolute Gasteiger partial charge is 0.255 e. The van der Waals surface area contributed by atoms with Gasteiger partial charge in [0.1, 0.15) is 0 Å². The molecule has 0 fully saturated rings. The monoisotopic (exact) mass is 389 g/mol. The van der Waals surface area contributed by atoms with E-state index in [2.05, 4.69) is 15.5 Å². The van der Waals surface area contributed by atoms with Crippen LogP contribution in [0.15, 0.2) is 77.2 Å². The van der Waals surface area contributed by atoms with E-state index in [4.69, 9.17) is 16.0 Å². The lowest BCUT2D eigenvalue weighted by molar-refractivity contribution is 0.102. The van der Waals surface area contributed by atoms with Crippen LogP contribution in [0.1, 0.15) is 15.9 Å². The highest BCUT2D eigenvalue weighted by atomic mass is 35.5. The van der Waals surface area contributed by atoms with Crippen molar-refractivity contribution >= 4 is 23.2 Å². The molecule has 1 N–H and O–H groups in total. The van der Waals surface area contributed by atoms with Crippen LogP contribution in [0, 0.1) is 6.92 Å². The minimum absolute atomic E-state index is 0.220. The number of amides is 1. The van der Waals surface area contributed by atoms with Crippen LogP contribution in [-0.2, 0) is 0 Å². The number of nitrogens with one attached hydrogen (secondary N) is 1. The average molecular weight is 390 g/mol. The molecule has 0 spiro atoms. The van der Waals surface area contributed by atoms with Crippen LogP contribution in [0.3, 0.4) is 0 Å². The van der Waals surface area contributed by atoms with Gasteiger partial charge in [-0.05, 0) is 61.0 Å². The van der Waals surface area contributed by atoms with Gasteiger partial charge in [-0.25, -0.2) is 0 Å². The molecule has 0 aliphatic carbocycles. The summed E-state index contributed by atoms with van der Waals surface area (Å²) in [5, 5.41) is 11.6. The number of hydrogen-bond acceptors (Lipinski definition) is 4. The van der Waals surface area contributed by atoms with E-state index in [0.29, 0.717) is 28.1 Å². The lowest BCUT2D eigenvalue weighted by Crippen LogP contribution is -2.11. The highest BCUT2D eigenvalue weighted by Crippen LogP contribution is 2.24. The van der Waals surface area contributed by atoms with Crippen molar-refractivity contribution in [3.05, 3.63) is 88.9 Å². The molecular formula is C22H16ClN3O2. The molecule has 0 aliphatic rings. The maximum absolute atomic E-state index is 12.4. The summed E-state index contributed by atoms with van der Waals surface area (Å²) < 4.78 is 5.74. The minimum Gasteiger partial charge on any atom is -0.416 e. The number of rotatable bonds is 4. The van der Waals surface area contributed by atoms with Crippen LogP contribution >= 0.6 is 11.6 Å². The fraction of sp³-hybridized carbons (Fsp3) is 0.0455. The second-order valence-corrected chi connectivity index (χ2v) is 6.68. The third-order valence-electron chi connectivity index (χ3n) is 4.27. The summed E-state index contributed by atoms with van der Waals surface area (Å²) in [6, 6.07) is 21.9. The van der Waals surface area contributed by atoms with E-state index in [-0.39, 0.29) is 5.91 Å². The van der Waals surface area contributed by atoms with Gasteiger partial charge in [-0.1, -0.05) is 35.9 Å². The van der Waals surface area contributed by atoms with Gasteiger partial charge in [-0.15, -0.1) is 10.2 Å². The maximum Gasteiger partial charge on any atom is 0.255 e. The zero-order valence-corrected chi connectivity index (χ0v) is 15.8. The van der Waals surface area contributed by atoms with Crippen LogP contribution in [0.5, 0.6) is 0 Å². The van der Waals surface area contributed by atoms with Crippen molar-refractivity contribution in [1.29, 1.82) is 0 Å². The second-order valence-electron chi connectivity index (χ2n) is 6.27. The lowest BCUT2D eigenvalue weighted by Gasteiger charge is -2.07. The first kappa shape index (κ1) is 17.9. The largest absolute Gasteiger partial charge is 0.416 e. The molecule has 0 aliphatic heterocycles. The summed E-state index contributed by atoms with van der Waals surface area (Å²) in [5.41, 5.74) is 3.72. The minimum atomic E-state index is -0.220. The Morgan fingerprint density at radius 2 is 1.54 bits per heavy atom. The quantitative estimate of drug-likeness (QED) is 0.492. The third kappa shape index (κ3) is 3.80. The Morgan fingerprint density at radius 1 is 0.893 bits per heavy atom. The number of aromatic nitrogens is 2. The summed E-state index contributed by atoms with van der Waals surface area (Å²) in [5.74, 6) is 0.631. The molecule has 6 heteroatoms. The van der Waals surface area contributed by atoms with Crippen LogP contribution in [0.4, 0.5) is 5.69 Å². The van der Waals surface area contributed by atoms with Crippen molar-refractivity contribution in [2.24, 2.45) is 0 Å². The van der Waals surface area contributed by atoms with E-state index >= 15 is 0 Å². The van der Waals surface area contributed by atoms with Crippen molar-refractivity contribution in [2.75, 3.05) is 5.32 Å². The number of carbonyl (C=O) groups excluding carboxylic acids is 1. The molecular weight excluding hydrogens is 374 g/mol. The van der Waals surface area contributed by atoms with E-state index in [0.717, 1.165) is 16.7 Å². The van der Waals surface area contributed by atoms with Crippen molar-refractivity contribution in [1.82, 2.24) is 10.2 Å². The topological polar surface area (TPSA) is 68.0 Å². The first-order chi connectivity index (χ1) is 13.6. The van der Waals surface area contributed by atoms with E-state index in [9.17, 15) is 4.79 Å². The molecule has 1 aromatic heterocycles. The normalized spacial score (nSPS) is 10.6. The molecule has 4 aromatic rings. The Hall–Kier alpha value is -3.44. The molecule has 0 unspecified atom stereocenters. The SMILES string of the molecule is Cc1ccc(NC(=O)c2ccc(-c3nnc(-c4ccccc4)o3)cc2)cc1Cl. The summed E-state index contributed by atoms with van der Waals surface area (Å²) in [6.45, 7) is 1.91. The molecule has 0 radical (unpaired) electrons. The Morgan fingerprint density at radius 3 is 2.18 bits per heavy atom. The van der Waals surface area contributed by atoms with E-state index < -0.39 is 0 Å². The molecule has 3 aromatic carbocycles. The molecule has 1 heterocycles. The molecule has 138 valence electrons. The Kier molecular flexibility index (Phi) is 4.91. The highest BCUT2D eigenvalue weighted by molar-refractivity contribution is 6.31. The van der Waals surface area contributed by atoms with Crippen molar-refractivity contribution in [3.8, 4) is 22.9 Å². The molecule has 5 nitrogen and oxygen atoms in total. The van der Waals surface area contributed by atoms with Gasteiger partial charge in [0.25, 0.3) is 5.91 Å². The van der Waals surface area contributed by atoms with Crippen LogP contribution in [-0.4, -0.2) is 16.1 Å². The fourth-order valence-electron chi connectivity index (χ4n) is 2.68. The summed E-state index contributed by atoms with van der Waals surface area (Å²) in [7, 11) is 0. The van der Waals surface area contributed by atoms with Gasteiger partial charge < -0.3 is 9.73 Å². The second kappa shape index (κ2) is 7.66. The Balaban J connectivity index is 1.50. The predicted octanol–water partition coefficient (Wildman–Crippen LogP) is 5.62. The van der Waals surface area contributed by atoms with Gasteiger partial charge in [0.15, 0.2) is 0 Å². The number of aryl methyl sites for hydroxylation is 1. The van der Waals surface area contributed by atoms with E-state index in [1.54, 1.807) is 30.3 Å². The highest BCUT2D eigenvalue weighted by Gasteiger charge is 2.12. The van der Waals surface area contributed by atoms with Crippen LogP contribution in [0.25, 0.3) is 22.9 Å². The van der Waals surface area contributed by atoms with Gasteiger partial charge in [0.05, 0.1) is 0 Å². The van der Waals surface area contributed by atoms with Crippen molar-refractivity contribution in [3.63, 3.8) is 0 Å². The number of halogens is 1. The van der Waals surface area contributed by atoms with Crippen LogP contribution < -0.4 is 5.32 Å². The Bertz CT molecular complexity index is 1120. The predicted molar refractivity (Wildman–Crippen MR) is 109 cm³/mol. The standard InChI is InChI=1S/C22H16ClN3O2/c1-14-7-12-18(13-19(14)23)24-20(27)15-8-10-17(11-9-15)22-26-25-21(28-22)16-5-3-2-4-6-16/h2-13H,1H3,(H,24,27). The lowest BCUT2D eigenvalue weighted by atomic mass is 10.1. The van der Waals surface area contributed by atoms with Gasteiger partial charge >= 0.3 is 0 Å². The third-order valence-corrected chi connectivity index (χ3v) is 4.68. The Labute approximate surface area is 167 Å². The zero-order valence-electron chi connectivity index (χ0n) is 15.0. The summed E-state index contributed by atoms with van der Waals surface area (Å²) >= 11 is 6.10. The number of anilines is 1. The van der Waals surface area contributed by atoms with E-state index in [1.807, 2.05) is 49.4 Å². The van der Waals surface area contributed by atoms with Gasteiger partial charge in [-0.2, -0.15) is 0 Å². The van der Waals surface area contributed by atoms with Crippen molar-refractivity contribution < 1.29 is 9.21 Å². The first-order valence-corrected chi connectivity index (χ1v) is 9.05. The molecule has 0 atom stereocenters. The van der Waals surface area contributed by atoms with Crippen LogP contribution in [0.2, 0.25) is 5.02 Å². The van der Waals surface area contributed by atoms with E-state index in [1.165, 1.54) is 0 Å².